The van der Waals surface area contributed by atoms with Crippen LogP contribution in [0.2, 0.25) is 0 Å². The van der Waals surface area contributed by atoms with Gasteiger partial charge >= 0.3 is 5.97 Å². The van der Waals surface area contributed by atoms with Crippen molar-refractivity contribution in [3.8, 4) is 0 Å². The molecule has 0 atom stereocenters. The molecule has 0 aliphatic carbocycles. The Hall–Kier alpha value is -2.55. The van der Waals surface area contributed by atoms with Crippen LogP contribution < -0.4 is 5.73 Å². The van der Waals surface area contributed by atoms with Gasteiger partial charge in [-0.25, -0.2) is 4.79 Å². The van der Waals surface area contributed by atoms with Gasteiger partial charge in [0.15, 0.2) is 0 Å². The molecule has 0 heterocycles. The number of carboxylic acids is 1. The number of carbonyl (C=O) groups is 1. The summed E-state index contributed by atoms with van der Waals surface area (Å²) in [5.41, 5.74) is 7.90. The number of carboxylic acid groups (broad SMARTS) is 1. The maximum Gasteiger partial charge on any atom is 0.336 e. The second-order valence-corrected chi connectivity index (χ2v) is 3.90. The average Bonchev–Trinajstić information content (AvgIpc) is 2.37. The molecule has 0 radical (unpaired) electrons. The van der Waals surface area contributed by atoms with E-state index in [-0.39, 0.29) is 5.57 Å². The van der Waals surface area contributed by atoms with E-state index in [0.717, 1.165) is 5.56 Å². The van der Waals surface area contributed by atoms with Gasteiger partial charge in [0.1, 0.15) is 0 Å². The number of nitrogens with two attached hydrogens (primary N) is 1. The minimum Gasteiger partial charge on any atom is -0.478 e. The first kappa shape index (κ1) is 11.9. The van der Waals surface area contributed by atoms with Crippen molar-refractivity contribution in [2.24, 2.45) is 0 Å². The molecule has 0 aromatic heterocycles. The molecule has 0 fully saturated rings. The highest BCUT2D eigenvalue weighted by Gasteiger charge is 2.10. The van der Waals surface area contributed by atoms with Crippen LogP contribution in [0.4, 0.5) is 5.69 Å². The molecule has 0 saturated carbocycles. The van der Waals surface area contributed by atoms with Crippen LogP contribution in [-0.2, 0) is 4.79 Å². The fourth-order valence-electron chi connectivity index (χ4n) is 1.69. The number of hydrogen-bond donors (Lipinski definition) is 2. The molecule has 3 N–H and O–H groups in total. The molecule has 0 bridgehead atoms. The van der Waals surface area contributed by atoms with Crippen molar-refractivity contribution in [2.45, 2.75) is 0 Å². The normalized spacial score (nSPS) is 11.2. The largest absolute Gasteiger partial charge is 0.478 e. The summed E-state index contributed by atoms with van der Waals surface area (Å²) in [6.45, 7) is 0. The summed E-state index contributed by atoms with van der Waals surface area (Å²) in [6.07, 6.45) is 1.64. The van der Waals surface area contributed by atoms with Gasteiger partial charge in [-0.15, -0.1) is 0 Å². The van der Waals surface area contributed by atoms with Gasteiger partial charge in [0, 0.05) is 5.69 Å². The Kier molecular flexibility index (Phi) is 3.44. The van der Waals surface area contributed by atoms with E-state index in [1.807, 2.05) is 30.3 Å². The predicted molar refractivity (Wildman–Crippen MR) is 72.8 cm³/mol. The first-order valence-electron chi connectivity index (χ1n) is 5.53. The molecular formula is C15H13NO2. The zero-order valence-electron chi connectivity index (χ0n) is 9.71. The SMILES string of the molecule is Nc1cccc(/C(=C/c2ccccc2)C(=O)O)c1. The Labute approximate surface area is 105 Å². The highest BCUT2D eigenvalue weighted by atomic mass is 16.4. The van der Waals surface area contributed by atoms with Crippen LogP contribution in [-0.4, -0.2) is 11.1 Å². The summed E-state index contributed by atoms with van der Waals surface area (Å²) in [4.78, 5) is 11.3. The topological polar surface area (TPSA) is 63.3 Å². The lowest BCUT2D eigenvalue weighted by molar-refractivity contribution is -0.130. The van der Waals surface area contributed by atoms with E-state index in [9.17, 15) is 9.90 Å². The van der Waals surface area contributed by atoms with Gasteiger partial charge in [-0.2, -0.15) is 0 Å². The van der Waals surface area contributed by atoms with Gasteiger partial charge in [-0.1, -0.05) is 42.5 Å². The summed E-state index contributed by atoms with van der Waals surface area (Å²) >= 11 is 0. The summed E-state index contributed by atoms with van der Waals surface area (Å²) in [5, 5.41) is 9.27. The Morgan fingerprint density at radius 3 is 2.39 bits per heavy atom. The van der Waals surface area contributed by atoms with Gasteiger partial charge < -0.3 is 10.8 Å². The van der Waals surface area contributed by atoms with E-state index < -0.39 is 5.97 Å². The number of rotatable bonds is 3. The highest BCUT2D eigenvalue weighted by Crippen LogP contribution is 2.20. The van der Waals surface area contributed by atoms with E-state index in [1.54, 1.807) is 30.3 Å². The van der Waals surface area contributed by atoms with Crippen LogP contribution in [0.15, 0.2) is 54.6 Å². The molecule has 2 aromatic rings. The van der Waals surface area contributed by atoms with Gasteiger partial charge in [0.05, 0.1) is 5.57 Å². The van der Waals surface area contributed by atoms with E-state index in [4.69, 9.17) is 5.73 Å². The van der Waals surface area contributed by atoms with Crippen LogP contribution in [0.1, 0.15) is 11.1 Å². The second-order valence-electron chi connectivity index (χ2n) is 3.90. The van der Waals surface area contributed by atoms with E-state index in [1.165, 1.54) is 0 Å². The Bertz CT molecular complexity index is 588. The van der Waals surface area contributed by atoms with Crippen molar-refractivity contribution >= 4 is 23.3 Å². The lowest BCUT2D eigenvalue weighted by Crippen LogP contribution is -2.00. The second kappa shape index (κ2) is 5.19. The van der Waals surface area contributed by atoms with Crippen molar-refractivity contribution in [3.63, 3.8) is 0 Å². The monoisotopic (exact) mass is 239 g/mol. The maximum absolute atomic E-state index is 11.3. The molecule has 0 spiro atoms. The number of benzene rings is 2. The Morgan fingerprint density at radius 2 is 1.78 bits per heavy atom. The van der Waals surface area contributed by atoms with E-state index in [2.05, 4.69) is 0 Å². The molecule has 0 unspecified atom stereocenters. The first-order valence-corrected chi connectivity index (χ1v) is 5.53. The number of hydrogen-bond acceptors (Lipinski definition) is 2. The fourth-order valence-corrected chi connectivity index (χ4v) is 1.69. The van der Waals surface area contributed by atoms with Crippen molar-refractivity contribution < 1.29 is 9.90 Å². The quantitative estimate of drug-likeness (QED) is 0.491. The molecule has 0 aliphatic heterocycles. The fraction of sp³-hybridized carbons (Fsp3) is 0. The van der Waals surface area contributed by atoms with Crippen LogP contribution in [0, 0.1) is 0 Å². The molecule has 90 valence electrons. The Morgan fingerprint density at radius 1 is 1.06 bits per heavy atom. The van der Waals surface area contributed by atoms with Gasteiger partial charge in [0.25, 0.3) is 0 Å². The third-order valence-corrected chi connectivity index (χ3v) is 2.54. The first-order chi connectivity index (χ1) is 8.66. The molecule has 3 nitrogen and oxygen atoms in total. The van der Waals surface area contributed by atoms with Crippen LogP contribution >= 0.6 is 0 Å². The molecule has 2 aromatic carbocycles. The third kappa shape index (κ3) is 2.77. The van der Waals surface area contributed by atoms with Crippen LogP contribution in [0.3, 0.4) is 0 Å². The third-order valence-electron chi connectivity index (χ3n) is 2.54. The van der Waals surface area contributed by atoms with Gasteiger partial charge in [-0.05, 0) is 29.3 Å². The standard InChI is InChI=1S/C15H13NO2/c16-13-8-4-7-12(10-13)14(15(17)18)9-11-5-2-1-3-6-11/h1-10H,16H2,(H,17,18)/b14-9-. The summed E-state index contributed by atoms with van der Waals surface area (Å²) in [5.74, 6) is -0.968. The molecule has 2 rings (SSSR count). The smallest absolute Gasteiger partial charge is 0.336 e. The zero-order valence-corrected chi connectivity index (χ0v) is 9.71. The molecule has 0 amide bonds. The van der Waals surface area contributed by atoms with Gasteiger partial charge in [-0.3, -0.25) is 0 Å². The van der Waals surface area contributed by atoms with Crippen LogP contribution in [0.25, 0.3) is 11.6 Å². The summed E-state index contributed by atoms with van der Waals surface area (Å²) in [6, 6.07) is 16.2. The number of anilines is 1. The number of nitrogen functional groups attached to an aromatic ring is 1. The lowest BCUT2D eigenvalue weighted by Gasteiger charge is -2.04. The molecular weight excluding hydrogens is 226 g/mol. The molecule has 3 heteroatoms. The van der Waals surface area contributed by atoms with Crippen molar-refractivity contribution in [1.82, 2.24) is 0 Å². The summed E-state index contributed by atoms with van der Waals surface area (Å²) in [7, 11) is 0. The molecule has 0 aliphatic rings. The minimum absolute atomic E-state index is 0.230. The molecule has 18 heavy (non-hydrogen) atoms. The lowest BCUT2D eigenvalue weighted by atomic mass is 10.0. The summed E-state index contributed by atoms with van der Waals surface area (Å²) < 4.78 is 0. The van der Waals surface area contributed by atoms with Gasteiger partial charge in [0.2, 0.25) is 0 Å². The molecule has 0 saturated heterocycles. The zero-order chi connectivity index (χ0) is 13.0. The maximum atomic E-state index is 11.3. The van der Waals surface area contributed by atoms with Crippen molar-refractivity contribution in [3.05, 3.63) is 65.7 Å². The van der Waals surface area contributed by atoms with E-state index in [0.29, 0.717) is 11.3 Å². The minimum atomic E-state index is -0.968. The number of aliphatic carboxylic acids is 1. The van der Waals surface area contributed by atoms with Crippen molar-refractivity contribution in [1.29, 1.82) is 0 Å². The Balaban J connectivity index is 2.47. The van der Waals surface area contributed by atoms with Crippen LogP contribution in [0.5, 0.6) is 0 Å². The highest BCUT2D eigenvalue weighted by molar-refractivity contribution is 6.20. The average molecular weight is 239 g/mol. The van der Waals surface area contributed by atoms with E-state index >= 15 is 0 Å². The van der Waals surface area contributed by atoms with Crippen molar-refractivity contribution in [2.75, 3.05) is 5.73 Å². The predicted octanol–water partition coefficient (Wildman–Crippen LogP) is 2.89.